The molecule has 0 bridgehead atoms. The summed E-state index contributed by atoms with van der Waals surface area (Å²) >= 11 is 0. The van der Waals surface area contributed by atoms with Crippen molar-refractivity contribution in [3.05, 3.63) is 11.4 Å². The monoisotopic (exact) mass is 251 g/mol. The standard InChI is InChI=1S/C13H25N5/c1-4-9-18(10-7-8-14)13-15-11(5-2)12(6-3)16-17-13/h4-10,14H2,1-3H3. The van der Waals surface area contributed by atoms with Gasteiger partial charge in [0.2, 0.25) is 5.95 Å². The predicted molar refractivity (Wildman–Crippen MR) is 74.8 cm³/mol. The summed E-state index contributed by atoms with van der Waals surface area (Å²) in [6.07, 6.45) is 3.83. The minimum atomic E-state index is 0.696. The van der Waals surface area contributed by atoms with Crippen LogP contribution in [-0.2, 0) is 12.8 Å². The van der Waals surface area contributed by atoms with Crippen LogP contribution in [0.5, 0.6) is 0 Å². The molecule has 18 heavy (non-hydrogen) atoms. The van der Waals surface area contributed by atoms with Crippen LogP contribution in [0.2, 0.25) is 0 Å². The molecule has 0 aliphatic carbocycles. The molecular formula is C13H25N5. The number of aryl methyl sites for hydroxylation is 2. The Hall–Kier alpha value is -1.23. The molecule has 0 saturated heterocycles. The zero-order valence-electron chi connectivity index (χ0n) is 11.8. The zero-order chi connectivity index (χ0) is 13.4. The summed E-state index contributed by atoms with van der Waals surface area (Å²) in [6.45, 7) is 8.90. The van der Waals surface area contributed by atoms with Gasteiger partial charge in [0.15, 0.2) is 0 Å². The Morgan fingerprint density at radius 2 is 1.72 bits per heavy atom. The third kappa shape index (κ3) is 3.91. The first-order valence-corrected chi connectivity index (χ1v) is 6.94. The fraction of sp³-hybridized carbons (Fsp3) is 0.769. The summed E-state index contributed by atoms with van der Waals surface area (Å²) in [4.78, 5) is 6.82. The van der Waals surface area contributed by atoms with Crippen LogP contribution >= 0.6 is 0 Å². The second-order valence-electron chi connectivity index (χ2n) is 4.34. The van der Waals surface area contributed by atoms with Gasteiger partial charge in [0.1, 0.15) is 0 Å². The van der Waals surface area contributed by atoms with Crippen molar-refractivity contribution in [2.45, 2.75) is 46.5 Å². The Balaban J connectivity index is 2.89. The van der Waals surface area contributed by atoms with E-state index in [-0.39, 0.29) is 0 Å². The Morgan fingerprint density at radius 3 is 2.28 bits per heavy atom. The van der Waals surface area contributed by atoms with Crippen molar-refractivity contribution in [1.29, 1.82) is 0 Å². The summed E-state index contributed by atoms with van der Waals surface area (Å²) in [5.41, 5.74) is 7.65. The lowest BCUT2D eigenvalue weighted by Gasteiger charge is -2.21. The Morgan fingerprint density at radius 1 is 1.00 bits per heavy atom. The Bertz CT molecular complexity index is 353. The van der Waals surface area contributed by atoms with E-state index in [2.05, 4.69) is 40.9 Å². The highest BCUT2D eigenvalue weighted by molar-refractivity contribution is 5.30. The maximum atomic E-state index is 5.57. The van der Waals surface area contributed by atoms with Crippen LogP contribution in [0.3, 0.4) is 0 Å². The molecule has 5 heteroatoms. The largest absolute Gasteiger partial charge is 0.339 e. The van der Waals surface area contributed by atoms with Gasteiger partial charge < -0.3 is 10.6 Å². The number of hydrogen-bond acceptors (Lipinski definition) is 5. The first-order chi connectivity index (χ1) is 8.76. The maximum absolute atomic E-state index is 5.57. The topological polar surface area (TPSA) is 67.9 Å². The maximum Gasteiger partial charge on any atom is 0.245 e. The molecule has 0 unspecified atom stereocenters. The molecule has 2 N–H and O–H groups in total. The summed E-state index contributed by atoms with van der Waals surface area (Å²) in [5.74, 6) is 0.749. The van der Waals surface area contributed by atoms with Crippen molar-refractivity contribution >= 4 is 5.95 Å². The molecular weight excluding hydrogens is 226 g/mol. The zero-order valence-corrected chi connectivity index (χ0v) is 11.8. The van der Waals surface area contributed by atoms with Gasteiger partial charge in [-0.3, -0.25) is 0 Å². The molecule has 1 aromatic rings. The second kappa shape index (κ2) is 7.97. The molecule has 0 fully saturated rings. The molecule has 0 atom stereocenters. The van der Waals surface area contributed by atoms with Gasteiger partial charge in [-0.2, -0.15) is 5.10 Å². The molecule has 0 aromatic carbocycles. The molecule has 0 saturated carbocycles. The Labute approximate surface area is 110 Å². The van der Waals surface area contributed by atoms with Gasteiger partial charge >= 0.3 is 0 Å². The van der Waals surface area contributed by atoms with Gasteiger partial charge in [0.05, 0.1) is 11.4 Å². The molecule has 0 amide bonds. The van der Waals surface area contributed by atoms with Crippen LogP contribution < -0.4 is 10.6 Å². The van der Waals surface area contributed by atoms with E-state index in [9.17, 15) is 0 Å². The van der Waals surface area contributed by atoms with Gasteiger partial charge in [-0.15, -0.1) is 5.10 Å². The molecule has 1 aromatic heterocycles. The van der Waals surface area contributed by atoms with E-state index < -0.39 is 0 Å². The van der Waals surface area contributed by atoms with Crippen LogP contribution in [0, 0.1) is 0 Å². The number of aromatic nitrogens is 3. The third-order valence-electron chi connectivity index (χ3n) is 2.91. The summed E-state index contributed by atoms with van der Waals surface area (Å²) in [6, 6.07) is 0. The van der Waals surface area contributed by atoms with Crippen molar-refractivity contribution in [2.75, 3.05) is 24.5 Å². The lowest BCUT2D eigenvalue weighted by atomic mass is 10.2. The van der Waals surface area contributed by atoms with Gasteiger partial charge in [-0.25, -0.2) is 4.98 Å². The number of nitrogens with two attached hydrogens (primary N) is 1. The van der Waals surface area contributed by atoms with Crippen molar-refractivity contribution in [2.24, 2.45) is 5.73 Å². The van der Waals surface area contributed by atoms with Crippen LogP contribution in [0.15, 0.2) is 0 Å². The average molecular weight is 251 g/mol. The van der Waals surface area contributed by atoms with Crippen LogP contribution in [0.25, 0.3) is 0 Å². The molecule has 1 heterocycles. The minimum Gasteiger partial charge on any atom is -0.339 e. The van der Waals surface area contributed by atoms with E-state index in [1.54, 1.807) is 0 Å². The first-order valence-electron chi connectivity index (χ1n) is 6.94. The summed E-state index contributed by atoms with van der Waals surface area (Å²) in [7, 11) is 0. The number of anilines is 1. The smallest absolute Gasteiger partial charge is 0.245 e. The van der Waals surface area contributed by atoms with E-state index in [1.807, 2.05) is 0 Å². The van der Waals surface area contributed by atoms with E-state index in [4.69, 9.17) is 5.73 Å². The van der Waals surface area contributed by atoms with Crippen LogP contribution in [-0.4, -0.2) is 34.8 Å². The second-order valence-corrected chi connectivity index (χ2v) is 4.34. The van der Waals surface area contributed by atoms with E-state index in [0.717, 1.165) is 56.1 Å². The number of hydrogen-bond donors (Lipinski definition) is 1. The fourth-order valence-corrected chi connectivity index (χ4v) is 1.93. The highest BCUT2D eigenvalue weighted by Crippen LogP contribution is 2.11. The predicted octanol–water partition coefficient (Wildman–Crippen LogP) is 1.56. The Kier molecular flexibility index (Phi) is 6.57. The molecule has 0 aliphatic heterocycles. The van der Waals surface area contributed by atoms with Crippen molar-refractivity contribution in [3.63, 3.8) is 0 Å². The average Bonchev–Trinajstić information content (AvgIpc) is 2.42. The molecule has 5 nitrogen and oxygen atoms in total. The first kappa shape index (κ1) is 14.8. The molecule has 0 spiro atoms. The normalized spacial score (nSPS) is 10.7. The highest BCUT2D eigenvalue weighted by Gasteiger charge is 2.12. The highest BCUT2D eigenvalue weighted by atomic mass is 15.3. The number of nitrogens with zero attached hydrogens (tertiary/aromatic N) is 4. The van der Waals surface area contributed by atoms with Gasteiger partial charge in [-0.1, -0.05) is 20.8 Å². The fourth-order valence-electron chi connectivity index (χ4n) is 1.93. The van der Waals surface area contributed by atoms with Gasteiger partial charge in [-0.05, 0) is 32.2 Å². The molecule has 1 rings (SSSR count). The minimum absolute atomic E-state index is 0.696. The van der Waals surface area contributed by atoms with Gasteiger partial charge in [0, 0.05) is 13.1 Å². The van der Waals surface area contributed by atoms with E-state index in [0.29, 0.717) is 6.54 Å². The summed E-state index contributed by atoms with van der Waals surface area (Å²) in [5, 5.41) is 8.55. The third-order valence-corrected chi connectivity index (χ3v) is 2.91. The lowest BCUT2D eigenvalue weighted by Crippen LogP contribution is -2.29. The van der Waals surface area contributed by atoms with E-state index in [1.165, 1.54) is 0 Å². The lowest BCUT2D eigenvalue weighted by molar-refractivity contribution is 0.680. The van der Waals surface area contributed by atoms with Gasteiger partial charge in [0.25, 0.3) is 0 Å². The molecule has 102 valence electrons. The van der Waals surface area contributed by atoms with Crippen molar-refractivity contribution in [3.8, 4) is 0 Å². The molecule has 0 radical (unpaired) electrons. The SMILES string of the molecule is CCCN(CCCN)c1nnc(CC)c(CC)n1. The van der Waals surface area contributed by atoms with Crippen molar-refractivity contribution in [1.82, 2.24) is 15.2 Å². The van der Waals surface area contributed by atoms with E-state index >= 15 is 0 Å². The van der Waals surface area contributed by atoms with Crippen LogP contribution in [0.1, 0.15) is 45.0 Å². The molecule has 0 aliphatic rings. The van der Waals surface area contributed by atoms with Crippen LogP contribution in [0.4, 0.5) is 5.95 Å². The summed E-state index contributed by atoms with van der Waals surface area (Å²) < 4.78 is 0. The van der Waals surface area contributed by atoms with Crippen molar-refractivity contribution < 1.29 is 0 Å². The quantitative estimate of drug-likeness (QED) is 0.759. The number of rotatable bonds is 8.